The van der Waals surface area contributed by atoms with Crippen LogP contribution in [0.3, 0.4) is 0 Å². The number of pyridine rings is 1. The van der Waals surface area contributed by atoms with Crippen molar-refractivity contribution in [2.75, 3.05) is 38.2 Å². The molecule has 0 bridgehead atoms. The molecule has 0 radical (unpaired) electrons. The number of nitrogen functional groups attached to an aromatic ring is 1. The number of nitrogens with two attached hydrogens (primary N) is 1. The van der Waals surface area contributed by atoms with Crippen LogP contribution in [0.2, 0.25) is 5.02 Å². The molecule has 0 aliphatic heterocycles. The number of anilines is 2. The van der Waals surface area contributed by atoms with Crippen LogP contribution in [0.1, 0.15) is 0 Å². The van der Waals surface area contributed by atoms with Crippen molar-refractivity contribution in [1.82, 2.24) is 15.2 Å². The highest BCUT2D eigenvalue weighted by Gasteiger charge is 2.05. The second kappa shape index (κ2) is 6.15. The molecule has 1 aromatic rings. The molecule has 0 spiro atoms. The number of rotatable bonds is 4. The zero-order valence-electron chi connectivity index (χ0n) is 9.83. The maximum absolute atomic E-state index is 11.2. The van der Waals surface area contributed by atoms with Gasteiger partial charge in [-0.2, -0.15) is 0 Å². The molecular weight excluding hydrogens is 242 g/mol. The Kier molecular flexibility index (Phi) is 4.84. The Labute approximate surface area is 105 Å². The predicted octanol–water partition coefficient (Wildman–Crippen LogP) is 1.00. The quantitative estimate of drug-likeness (QED) is 0.703. The molecule has 0 saturated carbocycles. The van der Waals surface area contributed by atoms with Crippen LogP contribution < -0.4 is 16.4 Å². The van der Waals surface area contributed by atoms with E-state index in [-0.39, 0.29) is 6.03 Å². The molecule has 17 heavy (non-hydrogen) atoms. The Hall–Kier alpha value is -1.69. The van der Waals surface area contributed by atoms with Crippen LogP contribution >= 0.6 is 11.6 Å². The molecule has 0 aromatic carbocycles. The van der Waals surface area contributed by atoms with E-state index in [1.165, 1.54) is 17.3 Å². The van der Waals surface area contributed by atoms with Crippen LogP contribution in [0.15, 0.2) is 12.4 Å². The molecule has 6 nitrogen and oxygen atoms in total. The zero-order chi connectivity index (χ0) is 12.8. The lowest BCUT2D eigenvalue weighted by molar-refractivity contribution is 0.218. The monoisotopic (exact) mass is 257 g/mol. The number of hydrogen-bond donors (Lipinski definition) is 3. The van der Waals surface area contributed by atoms with E-state index in [9.17, 15) is 4.79 Å². The summed E-state index contributed by atoms with van der Waals surface area (Å²) in [5.41, 5.74) is 6.83. The van der Waals surface area contributed by atoms with Gasteiger partial charge < -0.3 is 21.3 Å². The van der Waals surface area contributed by atoms with E-state index >= 15 is 0 Å². The van der Waals surface area contributed by atoms with E-state index in [2.05, 4.69) is 15.6 Å². The first kappa shape index (κ1) is 13.4. The van der Waals surface area contributed by atoms with Crippen molar-refractivity contribution in [3.05, 3.63) is 17.4 Å². The Morgan fingerprint density at radius 3 is 2.76 bits per heavy atom. The van der Waals surface area contributed by atoms with Gasteiger partial charge in [0, 0.05) is 33.4 Å². The van der Waals surface area contributed by atoms with Crippen molar-refractivity contribution in [2.45, 2.75) is 0 Å². The fourth-order valence-electron chi connectivity index (χ4n) is 1.15. The van der Waals surface area contributed by atoms with Crippen LogP contribution in [0.5, 0.6) is 0 Å². The molecule has 4 N–H and O–H groups in total. The van der Waals surface area contributed by atoms with E-state index in [1.54, 1.807) is 14.1 Å². The number of halogens is 1. The third-order valence-corrected chi connectivity index (χ3v) is 2.32. The Balaban J connectivity index is 2.39. The highest BCUT2D eigenvalue weighted by Crippen LogP contribution is 2.25. The summed E-state index contributed by atoms with van der Waals surface area (Å²) in [6, 6.07) is -0.138. The highest BCUT2D eigenvalue weighted by atomic mass is 35.5. The van der Waals surface area contributed by atoms with E-state index in [0.717, 1.165) is 0 Å². The van der Waals surface area contributed by atoms with Gasteiger partial charge >= 0.3 is 6.03 Å². The largest absolute Gasteiger partial charge is 0.396 e. The van der Waals surface area contributed by atoms with Gasteiger partial charge in [0.15, 0.2) is 0 Å². The van der Waals surface area contributed by atoms with Crippen molar-refractivity contribution in [1.29, 1.82) is 0 Å². The number of carbonyl (C=O) groups is 1. The van der Waals surface area contributed by atoms with Crippen LogP contribution in [0.4, 0.5) is 16.2 Å². The lowest BCUT2D eigenvalue weighted by atomic mass is 10.3. The molecule has 0 aliphatic carbocycles. The first-order valence-electron chi connectivity index (χ1n) is 5.10. The summed E-state index contributed by atoms with van der Waals surface area (Å²) in [5, 5.41) is 6.22. The van der Waals surface area contributed by atoms with Gasteiger partial charge in [-0.15, -0.1) is 0 Å². The topological polar surface area (TPSA) is 83.3 Å². The maximum atomic E-state index is 11.2. The van der Waals surface area contributed by atoms with Crippen LogP contribution in [-0.2, 0) is 0 Å². The van der Waals surface area contributed by atoms with Crippen molar-refractivity contribution >= 4 is 29.0 Å². The van der Waals surface area contributed by atoms with Crippen molar-refractivity contribution in [2.24, 2.45) is 0 Å². The van der Waals surface area contributed by atoms with Gasteiger partial charge in [-0.05, 0) is 0 Å². The van der Waals surface area contributed by atoms with E-state index in [0.29, 0.717) is 29.5 Å². The summed E-state index contributed by atoms with van der Waals surface area (Å²) >= 11 is 5.92. The molecular formula is C10H16ClN5O. The molecule has 1 rings (SSSR count). The number of aromatic nitrogens is 1. The molecule has 94 valence electrons. The van der Waals surface area contributed by atoms with Crippen LogP contribution in [-0.4, -0.2) is 43.1 Å². The maximum Gasteiger partial charge on any atom is 0.316 e. The molecule has 0 unspecified atom stereocenters. The summed E-state index contributed by atoms with van der Waals surface area (Å²) in [6.45, 7) is 1.02. The third-order valence-electron chi connectivity index (χ3n) is 2.04. The van der Waals surface area contributed by atoms with Crippen molar-refractivity contribution in [3.8, 4) is 0 Å². The Morgan fingerprint density at radius 2 is 2.18 bits per heavy atom. The molecule has 0 saturated heterocycles. The predicted molar refractivity (Wildman–Crippen MR) is 69.2 cm³/mol. The second-order valence-corrected chi connectivity index (χ2v) is 4.05. The van der Waals surface area contributed by atoms with Gasteiger partial charge in [-0.3, -0.25) is 4.98 Å². The summed E-state index contributed by atoms with van der Waals surface area (Å²) in [6.07, 6.45) is 3.03. The minimum atomic E-state index is -0.138. The second-order valence-electron chi connectivity index (χ2n) is 3.64. The molecule has 0 atom stereocenters. The van der Waals surface area contributed by atoms with Crippen LogP contribution in [0, 0.1) is 0 Å². The molecule has 0 fully saturated rings. The first-order valence-corrected chi connectivity index (χ1v) is 5.48. The van der Waals surface area contributed by atoms with Crippen molar-refractivity contribution in [3.63, 3.8) is 0 Å². The normalized spacial score (nSPS) is 9.82. The third kappa shape index (κ3) is 3.99. The number of nitrogens with zero attached hydrogens (tertiary/aromatic N) is 2. The highest BCUT2D eigenvalue weighted by molar-refractivity contribution is 6.33. The Bertz CT molecular complexity index is 376. The lowest BCUT2D eigenvalue weighted by Crippen LogP contribution is -2.37. The van der Waals surface area contributed by atoms with Gasteiger partial charge in [-0.25, -0.2) is 4.79 Å². The molecule has 2 amide bonds. The smallest absolute Gasteiger partial charge is 0.316 e. The van der Waals surface area contributed by atoms with Gasteiger partial charge in [0.25, 0.3) is 0 Å². The number of urea groups is 1. The summed E-state index contributed by atoms with van der Waals surface area (Å²) in [7, 11) is 3.36. The van der Waals surface area contributed by atoms with Gasteiger partial charge in [0.2, 0.25) is 0 Å². The number of carbonyl (C=O) groups excluding carboxylic acids is 1. The zero-order valence-corrected chi connectivity index (χ0v) is 10.6. The average Bonchev–Trinajstić information content (AvgIpc) is 2.27. The standard InChI is InChI=1S/C10H16ClN5O/c1-16(2)10(17)15-4-3-14-9-7(11)5-13-6-8(9)12/h5-6H,3-4,12H2,1-2H3,(H,13,14)(H,15,17). The SMILES string of the molecule is CN(C)C(=O)NCCNc1c(N)cncc1Cl. The fourth-order valence-corrected chi connectivity index (χ4v) is 1.38. The average molecular weight is 258 g/mol. The van der Waals surface area contributed by atoms with E-state index in [1.807, 2.05) is 0 Å². The number of nitrogens with one attached hydrogen (secondary N) is 2. The van der Waals surface area contributed by atoms with Gasteiger partial charge in [0.1, 0.15) is 0 Å². The molecule has 0 aliphatic rings. The van der Waals surface area contributed by atoms with Crippen LogP contribution in [0.25, 0.3) is 0 Å². The lowest BCUT2D eigenvalue weighted by Gasteiger charge is -2.13. The van der Waals surface area contributed by atoms with Gasteiger partial charge in [0.05, 0.1) is 22.6 Å². The Morgan fingerprint density at radius 1 is 1.47 bits per heavy atom. The summed E-state index contributed by atoms with van der Waals surface area (Å²) < 4.78 is 0. The first-order chi connectivity index (χ1) is 8.02. The molecule has 7 heteroatoms. The number of hydrogen-bond acceptors (Lipinski definition) is 4. The minimum Gasteiger partial charge on any atom is -0.396 e. The molecule has 1 aromatic heterocycles. The van der Waals surface area contributed by atoms with E-state index in [4.69, 9.17) is 17.3 Å². The fraction of sp³-hybridized carbons (Fsp3) is 0.400. The summed E-state index contributed by atoms with van der Waals surface area (Å²) in [5.74, 6) is 0. The molecule has 1 heterocycles. The number of amides is 2. The van der Waals surface area contributed by atoms with Crippen molar-refractivity contribution < 1.29 is 4.79 Å². The van der Waals surface area contributed by atoms with Gasteiger partial charge in [-0.1, -0.05) is 11.6 Å². The summed E-state index contributed by atoms with van der Waals surface area (Å²) in [4.78, 5) is 16.5. The minimum absolute atomic E-state index is 0.138. The van der Waals surface area contributed by atoms with E-state index < -0.39 is 0 Å².